The van der Waals surface area contributed by atoms with Gasteiger partial charge in [-0.2, -0.15) is 0 Å². The van der Waals surface area contributed by atoms with Gasteiger partial charge in [-0.3, -0.25) is 4.79 Å². The predicted molar refractivity (Wildman–Crippen MR) is 76.5 cm³/mol. The van der Waals surface area contributed by atoms with Crippen molar-refractivity contribution in [2.75, 3.05) is 0 Å². The summed E-state index contributed by atoms with van der Waals surface area (Å²) in [6.07, 6.45) is 2.80. The summed E-state index contributed by atoms with van der Waals surface area (Å²) in [6.45, 7) is 0. The van der Waals surface area contributed by atoms with Crippen molar-refractivity contribution in [3.05, 3.63) is 65.2 Å². The van der Waals surface area contributed by atoms with Gasteiger partial charge in [0.2, 0.25) is 0 Å². The smallest absolute Gasteiger partial charge is 0.335 e. The van der Waals surface area contributed by atoms with Crippen molar-refractivity contribution < 1.29 is 24.9 Å². The van der Waals surface area contributed by atoms with Gasteiger partial charge in [-0.25, -0.2) is 4.79 Å². The van der Waals surface area contributed by atoms with Crippen molar-refractivity contribution in [2.45, 2.75) is 0 Å². The highest BCUT2D eigenvalue weighted by molar-refractivity contribution is 6.07. The molecule has 2 aromatic rings. The van der Waals surface area contributed by atoms with Gasteiger partial charge in [0.05, 0.1) is 5.56 Å². The normalized spacial score (nSPS) is 10.7. The number of carbonyl (C=O) groups is 2. The topological polar surface area (TPSA) is 94.8 Å². The lowest BCUT2D eigenvalue weighted by Gasteiger charge is -1.99. The third-order valence-electron chi connectivity index (χ3n) is 2.84. The molecule has 0 heterocycles. The molecule has 21 heavy (non-hydrogen) atoms. The van der Waals surface area contributed by atoms with Crippen LogP contribution in [0.15, 0.2) is 48.5 Å². The van der Waals surface area contributed by atoms with Gasteiger partial charge in [0.25, 0.3) is 0 Å². The Kier molecular flexibility index (Phi) is 4.04. The molecule has 2 aromatic carbocycles. The number of phenolic OH excluding ortho intramolecular Hbond substituents is 2. The van der Waals surface area contributed by atoms with E-state index in [9.17, 15) is 19.8 Å². The van der Waals surface area contributed by atoms with Gasteiger partial charge >= 0.3 is 5.97 Å². The number of carboxylic acid groups (broad SMARTS) is 1. The molecular weight excluding hydrogens is 272 g/mol. The summed E-state index contributed by atoms with van der Waals surface area (Å²) >= 11 is 0. The van der Waals surface area contributed by atoms with Crippen molar-refractivity contribution in [1.82, 2.24) is 0 Å². The first kappa shape index (κ1) is 14.3. The number of phenols is 2. The van der Waals surface area contributed by atoms with Crippen LogP contribution < -0.4 is 0 Å². The molecule has 2 rings (SSSR count). The maximum Gasteiger partial charge on any atom is 0.335 e. The number of ketones is 1. The molecule has 0 unspecified atom stereocenters. The average Bonchev–Trinajstić information content (AvgIpc) is 2.48. The maximum absolute atomic E-state index is 11.9. The molecule has 5 nitrogen and oxygen atoms in total. The molecule has 0 saturated heterocycles. The Morgan fingerprint density at radius 2 is 1.48 bits per heavy atom. The molecule has 106 valence electrons. The molecule has 0 saturated carbocycles. The summed E-state index contributed by atoms with van der Waals surface area (Å²) in [7, 11) is 0. The van der Waals surface area contributed by atoms with Gasteiger partial charge in [0, 0.05) is 5.56 Å². The number of aromatic carboxylic acids is 1. The highest BCUT2D eigenvalue weighted by Gasteiger charge is 2.05. The van der Waals surface area contributed by atoms with E-state index in [-0.39, 0.29) is 22.8 Å². The van der Waals surface area contributed by atoms with Crippen LogP contribution in [0.2, 0.25) is 0 Å². The van der Waals surface area contributed by atoms with Crippen molar-refractivity contribution in [3.8, 4) is 11.5 Å². The zero-order valence-corrected chi connectivity index (χ0v) is 10.9. The fourth-order valence-electron chi connectivity index (χ4n) is 1.69. The molecule has 0 aromatic heterocycles. The van der Waals surface area contributed by atoms with Crippen LogP contribution in [0.25, 0.3) is 6.08 Å². The molecule has 0 radical (unpaired) electrons. The Morgan fingerprint density at radius 3 is 2.05 bits per heavy atom. The van der Waals surface area contributed by atoms with Gasteiger partial charge < -0.3 is 15.3 Å². The van der Waals surface area contributed by atoms with E-state index < -0.39 is 5.97 Å². The van der Waals surface area contributed by atoms with Crippen molar-refractivity contribution in [2.24, 2.45) is 0 Å². The van der Waals surface area contributed by atoms with Crippen LogP contribution in [0.1, 0.15) is 26.3 Å². The van der Waals surface area contributed by atoms with Crippen LogP contribution in [-0.4, -0.2) is 27.1 Å². The van der Waals surface area contributed by atoms with Crippen LogP contribution in [-0.2, 0) is 0 Å². The van der Waals surface area contributed by atoms with Crippen LogP contribution in [0.4, 0.5) is 0 Å². The number of rotatable bonds is 4. The fourth-order valence-corrected chi connectivity index (χ4v) is 1.69. The number of hydrogen-bond donors (Lipinski definition) is 3. The van der Waals surface area contributed by atoms with E-state index in [4.69, 9.17) is 5.11 Å². The first-order chi connectivity index (χ1) is 9.97. The van der Waals surface area contributed by atoms with E-state index >= 15 is 0 Å². The lowest BCUT2D eigenvalue weighted by molar-refractivity contribution is 0.0696. The van der Waals surface area contributed by atoms with E-state index in [0.717, 1.165) is 0 Å². The van der Waals surface area contributed by atoms with Gasteiger partial charge in [-0.15, -0.1) is 0 Å². The minimum Gasteiger partial charge on any atom is -0.504 e. The van der Waals surface area contributed by atoms with Gasteiger partial charge in [0.15, 0.2) is 17.3 Å². The predicted octanol–water partition coefficient (Wildman–Crippen LogP) is 2.69. The third-order valence-corrected chi connectivity index (χ3v) is 2.84. The van der Waals surface area contributed by atoms with Crippen LogP contribution >= 0.6 is 0 Å². The van der Waals surface area contributed by atoms with E-state index in [2.05, 4.69) is 0 Å². The zero-order chi connectivity index (χ0) is 15.4. The van der Waals surface area contributed by atoms with Gasteiger partial charge in [0.1, 0.15) is 0 Å². The van der Waals surface area contributed by atoms with Crippen LogP contribution in [0, 0.1) is 0 Å². The zero-order valence-electron chi connectivity index (χ0n) is 10.9. The number of hydrogen-bond acceptors (Lipinski definition) is 4. The molecule has 0 atom stereocenters. The van der Waals surface area contributed by atoms with Gasteiger partial charge in [-0.1, -0.05) is 24.3 Å². The number of benzene rings is 2. The standard InChI is InChI=1S/C16H12O5/c17-13(11-3-5-12(6-4-11)16(20)21)7-1-10-2-8-14(18)15(19)9-10/h1-9,18-19H,(H,20,21)/b7-1+. The van der Waals surface area contributed by atoms with E-state index in [1.807, 2.05) is 0 Å². The number of allylic oxidation sites excluding steroid dienone is 1. The lowest BCUT2D eigenvalue weighted by atomic mass is 10.1. The Balaban J connectivity index is 2.14. The number of carbonyl (C=O) groups excluding carboxylic acids is 1. The third kappa shape index (κ3) is 3.48. The summed E-state index contributed by atoms with van der Waals surface area (Å²) in [6, 6.07) is 9.78. The highest BCUT2D eigenvalue weighted by Crippen LogP contribution is 2.25. The molecule has 3 N–H and O–H groups in total. The van der Waals surface area contributed by atoms with Gasteiger partial charge in [-0.05, 0) is 35.9 Å². The summed E-state index contributed by atoms with van der Waals surface area (Å²) in [4.78, 5) is 22.6. The summed E-state index contributed by atoms with van der Waals surface area (Å²) in [5, 5.41) is 27.3. The molecule has 0 aliphatic carbocycles. The second-order valence-electron chi connectivity index (χ2n) is 4.33. The SMILES string of the molecule is O=C(O)c1ccc(C(=O)/C=C/c2ccc(O)c(O)c2)cc1. The molecular formula is C16H12O5. The molecule has 0 aliphatic heterocycles. The van der Waals surface area contributed by atoms with E-state index in [1.165, 1.54) is 48.6 Å². The summed E-state index contributed by atoms with van der Waals surface area (Å²) in [5.41, 5.74) is 1.03. The molecule has 0 spiro atoms. The number of carboxylic acids is 1. The van der Waals surface area contributed by atoms with Crippen LogP contribution in [0.5, 0.6) is 11.5 Å². The minimum absolute atomic E-state index is 0.110. The average molecular weight is 284 g/mol. The Labute approximate surface area is 120 Å². The van der Waals surface area contributed by atoms with Crippen LogP contribution in [0.3, 0.4) is 0 Å². The first-order valence-electron chi connectivity index (χ1n) is 6.05. The van der Waals surface area contributed by atoms with Crippen molar-refractivity contribution in [1.29, 1.82) is 0 Å². The Hall–Kier alpha value is -3.08. The molecule has 0 aliphatic rings. The lowest BCUT2D eigenvalue weighted by Crippen LogP contribution is -1.98. The largest absolute Gasteiger partial charge is 0.504 e. The van der Waals surface area contributed by atoms with E-state index in [1.54, 1.807) is 6.07 Å². The minimum atomic E-state index is -1.05. The monoisotopic (exact) mass is 284 g/mol. The molecule has 5 heteroatoms. The Morgan fingerprint density at radius 1 is 0.857 bits per heavy atom. The van der Waals surface area contributed by atoms with Crippen molar-refractivity contribution >= 4 is 17.8 Å². The second kappa shape index (κ2) is 5.92. The summed E-state index contributed by atoms with van der Waals surface area (Å²) < 4.78 is 0. The summed E-state index contributed by atoms with van der Waals surface area (Å²) in [5.74, 6) is -1.85. The molecule has 0 amide bonds. The highest BCUT2D eigenvalue weighted by atomic mass is 16.4. The quantitative estimate of drug-likeness (QED) is 0.456. The second-order valence-corrected chi connectivity index (χ2v) is 4.33. The van der Waals surface area contributed by atoms with E-state index in [0.29, 0.717) is 11.1 Å². The van der Waals surface area contributed by atoms with Crippen molar-refractivity contribution in [3.63, 3.8) is 0 Å². The maximum atomic E-state index is 11.9. The first-order valence-corrected chi connectivity index (χ1v) is 6.05. The molecule has 0 bridgehead atoms. The number of aromatic hydroxyl groups is 2. The Bertz CT molecular complexity index is 714. The molecule has 0 fully saturated rings. The fraction of sp³-hybridized carbons (Fsp3) is 0.